The van der Waals surface area contributed by atoms with Gasteiger partial charge in [-0.05, 0) is 50.2 Å². The number of nitrogens with zero attached hydrogens (tertiary/aromatic N) is 3. The minimum Gasteiger partial charge on any atom is -0.497 e. The van der Waals surface area contributed by atoms with Gasteiger partial charge in [-0.15, -0.1) is 17.5 Å². The number of nitrogens with one attached hydrogen (secondary N) is 2. The zero-order valence-electron chi connectivity index (χ0n) is 15.7. The number of hydrogen-bond donors (Lipinski definition) is 2. The van der Waals surface area contributed by atoms with Gasteiger partial charge in [-0.2, -0.15) is 0 Å². The molecule has 11 heteroatoms. The smallest absolute Gasteiger partial charge is 0.241 e. The fraction of sp³-hybridized carbons (Fsp3) is 0.471. The first-order chi connectivity index (χ1) is 12.9. The second kappa shape index (κ2) is 8.89. The van der Waals surface area contributed by atoms with Gasteiger partial charge in [0.25, 0.3) is 0 Å². The van der Waals surface area contributed by atoms with E-state index in [4.69, 9.17) is 4.74 Å². The van der Waals surface area contributed by atoms with Crippen LogP contribution in [0.3, 0.4) is 0 Å². The quantitative estimate of drug-likeness (QED) is 0.686. The van der Waals surface area contributed by atoms with Crippen molar-refractivity contribution in [3.8, 4) is 11.4 Å². The molecule has 1 aliphatic rings. The lowest BCUT2D eigenvalue weighted by Gasteiger charge is -2.34. The van der Waals surface area contributed by atoms with Crippen LogP contribution in [0.1, 0.15) is 18.5 Å². The molecule has 0 bridgehead atoms. The van der Waals surface area contributed by atoms with E-state index in [9.17, 15) is 13.2 Å². The fourth-order valence-electron chi connectivity index (χ4n) is 3.17. The second-order valence-electron chi connectivity index (χ2n) is 6.55. The van der Waals surface area contributed by atoms with Gasteiger partial charge in [0.05, 0.1) is 25.5 Å². The number of ether oxygens (including phenoxy) is 1. The number of amides is 1. The summed E-state index contributed by atoms with van der Waals surface area (Å²) >= 11 is 0. The maximum Gasteiger partial charge on any atom is 0.241 e. The Bertz CT molecular complexity index is 908. The number of aromatic nitrogens is 3. The van der Waals surface area contributed by atoms with E-state index in [1.54, 1.807) is 18.0 Å². The number of halogens is 1. The molecule has 1 aromatic heterocycles. The molecule has 0 radical (unpaired) electrons. The third kappa shape index (κ3) is 4.45. The van der Waals surface area contributed by atoms with Crippen LogP contribution in [-0.4, -0.2) is 60.5 Å². The highest BCUT2D eigenvalue weighted by Crippen LogP contribution is 2.28. The van der Waals surface area contributed by atoms with Gasteiger partial charge >= 0.3 is 0 Å². The molecule has 0 atom stereocenters. The molecular weight excluding hydrogens is 406 g/mol. The van der Waals surface area contributed by atoms with E-state index in [1.807, 2.05) is 24.3 Å². The second-order valence-corrected chi connectivity index (χ2v) is 8.88. The molecule has 1 saturated heterocycles. The van der Waals surface area contributed by atoms with Gasteiger partial charge in [-0.3, -0.25) is 4.79 Å². The van der Waals surface area contributed by atoms with E-state index in [-0.39, 0.29) is 31.8 Å². The number of rotatable bonds is 6. The summed E-state index contributed by atoms with van der Waals surface area (Å²) in [5, 5.41) is 13.9. The average molecular weight is 430 g/mol. The van der Waals surface area contributed by atoms with Crippen molar-refractivity contribution in [1.29, 1.82) is 0 Å². The summed E-state index contributed by atoms with van der Waals surface area (Å²) < 4.78 is 29.9. The summed E-state index contributed by atoms with van der Waals surface area (Å²) in [5.41, 5.74) is 1.34. The lowest BCUT2D eigenvalue weighted by atomic mass is 9.96. The third-order valence-corrected chi connectivity index (χ3v) is 6.86. The van der Waals surface area contributed by atoms with E-state index in [2.05, 4.69) is 20.9 Å². The Morgan fingerprint density at radius 3 is 2.50 bits per heavy atom. The van der Waals surface area contributed by atoms with E-state index >= 15 is 0 Å². The predicted octanol–water partition coefficient (Wildman–Crippen LogP) is 0.481. The van der Waals surface area contributed by atoms with Crippen LogP contribution in [0.2, 0.25) is 0 Å². The number of piperidine rings is 1. The molecule has 0 saturated carbocycles. The molecule has 28 heavy (non-hydrogen) atoms. The van der Waals surface area contributed by atoms with Crippen LogP contribution in [0.4, 0.5) is 0 Å². The number of carbonyl (C=O) groups is 1. The maximum absolute atomic E-state index is 12.7. The van der Waals surface area contributed by atoms with Gasteiger partial charge in [-0.25, -0.2) is 13.1 Å². The number of methoxy groups -OCH3 is 1. The molecule has 0 aliphatic carbocycles. The van der Waals surface area contributed by atoms with Crippen LogP contribution in [0.25, 0.3) is 5.69 Å². The third-order valence-electron chi connectivity index (χ3n) is 4.84. The maximum atomic E-state index is 12.7. The summed E-state index contributed by atoms with van der Waals surface area (Å²) in [6.45, 7) is 1.10. The minimum atomic E-state index is -3.54. The van der Waals surface area contributed by atoms with Crippen LogP contribution in [0.5, 0.6) is 5.75 Å². The highest BCUT2D eigenvalue weighted by Gasteiger charge is 2.48. The topological polar surface area (TPSA) is 115 Å². The summed E-state index contributed by atoms with van der Waals surface area (Å²) in [6, 6.07) is 7.30. The SMILES string of the molecule is COc1ccc(-n2cc(CNC(=O)C3(S(C)(=O)=O)CCNCC3)nn2)cc1.Cl. The molecule has 3 rings (SSSR count). The summed E-state index contributed by atoms with van der Waals surface area (Å²) in [5.74, 6) is 0.255. The van der Waals surface area contributed by atoms with Gasteiger partial charge in [0.2, 0.25) is 5.91 Å². The van der Waals surface area contributed by atoms with Crippen molar-refractivity contribution in [2.24, 2.45) is 0 Å². The Morgan fingerprint density at radius 1 is 1.29 bits per heavy atom. The molecule has 0 unspecified atom stereocenters. The zero-order valence-corrected chi connectivity index (χ0v) is 17.3. The molecule has 2 N–H and O–H groups in total. The molecule has 1 amide bonds. The number of hydrogen-bond acceptors (Lipinski definition) is 7. The highest BCUT2D eigenvalue weighted by atomic mass is 35.5. The summed E-state index contributed by atoms with van der Waals surface area (Å²) in [4.78, 5) is 12.7. The molecule has 9 nitrogen and oxygen atoms in total. The van der Waals surface area contributed by atoms with E-state index < -0.39 is 20.5 Å². The Kier molecular flexibility index (Phi) is 7.02. The average Bonchev–Trinajstić information content (AvgIpc) is 3.15. The van der Waals surface area contributed by atoms with Crippen LogP contribution >= 0.6 is 12.4 Å². The van der Waals surface area contributed by atoms with Crippen LogP contribution in [-0.2, 0) is 21.2 Å². The number of sulfone groups is 1. The van der Waals surface area contributed by atoms with Gasteiger partial charge in [0.15, 0.2) is 14.6 Å². The Morgan fingerprint density at radius 2 is 1.93 bits per heavy atom. The van der Waals surface area contributed by atoms with Crippen molar-refractivity contribution < 1.29 is 17.9 Å². The van der Waals surface area contributed by atoms with E-state index in [0.29, 0.717) is 18.8 Å². The molecule has 1 aromatic carbocycles. The van der Waals surface area contributed by atoms with Crippen molar-refractivity contribution in [3.63, 3.8) is 0 Å². The van der Waals surface area contributed by atoms with Gasteiger partial charge in [0, 0.05) is 6.26 Å². The Labute approximate surface area is 170 Å². The summed E-state index contributed by atoms with van der Waals surface area (Å²) in [6.07, 6.45) is 3.34. The van der Waals surface area contributed by atoms with Crippen molar-refractivity contribution in [2.45, 2.75) is 24.1 Å². The standard InChI is InChI=1S/C17H23N5O4S.ClH/c1-26-15-5-3-14(4-6-15)22-12-13(20-21-22)11-19-16(23)17(27(2,24)25)7-9-18-10-8-17;/h3-6,12,18H,7-11H2,1-2H3,(H,19,23);1H. The van der Waals surface area contributed by atoms with Gasteiger partial charge in [0.1, 0.15) is 11.4 Å². The first-order valence-corrected chi connectivity index (χ1v) is 10.5. The van der Waals surface area contributed by atoms with Crippen molar-refractivity contribution in [2.75, 3.05) is 26.5 Å². The van der Waals surface area contributed by atoms with Crippen LogP contribution in [0, 0.1) is 0 Å². The number of carbonyl (C=O) groups excluding carboxylic acids is 1. The van der Waals surface area contributed by atoms with Crippen molar-refractivity contribution in [3.05, 3.63) is 36.2 Å². The zero-order chi connectivity index (χ0) is 19.5. The van der Waals surface area contributed by atoms with E-state index in [1.165, 1.54) is 0 Å². The molecule has 0 spiro atoms. The first-order valence-electron chi connectivity index (χ1n) is 8.60. The molecule has 1 aliphatic heterocycles. The largest absolute Gasteiger partial charge is 0.497 e. The lowest BCUT2D eigenvalue weighted by Crippen LogP contribution is -2.57. The monoisotopic (exact) mass is 429 g/mol. The predicted molar refractivity (Wildman–Crippen MR) is 107 cm³/mol. The summed E-state index contributed by atoms with van der Waals surface area (Å²) in [7, 11) is -1.95. The molecule has 2 aromatic rings. The Balaban J connectivity index is 0.00000280. The fourth-order valence-corrected chi connectivity index (χ4v) is 4.52. The number of benzene rings is 1. The highest BCUT2D eigenvalue weighted by molar-refractivity contribution is 7.92. The molecule has 154 valence electrons. The molecular formula is C17H24ClN5O4S. The van der Waals surface area contributed by atoms with Crippen LogP contribution < -0.4 is 15.4 Å². The van der Waals surface area contributed by atoms with Crippen molar-refractivity contribution in [1.82, 2.24) is 25.6 Å². The minimum absolute atomic E-state index is 0. The van der Waals surface area contributed by atoms with Crippen LogP contribution in [0.15, 0.2) is 30.5 Å². The Hall–Kier alpha value is -2.17. The lowest BCUT2D eigenvalue weighted by molar-refractivity contribution is -0.124. The molecule has 2 heterocycles. The van der Waals surface area contributed by atoms with E-state index in [0.717, 1.165) is 17.7 Å². The first kappa shape index (κ1) is 22.1. The van der Waals surface area contributed by atoms with Gasteiger partial charge in [-0.1, -0.05) is 5.21 Å². The normalized spacial score (nSPS) is 16.1. The van der Waals surface area contributed by atoms with Gasteiger partial charge < -0.3 is 15.4 Å². The molecule has 1 fully saturated rings. The van der Waals surface area contributed by atoms with Crippen molar-refractivity contribution >= 4 is 28.2 Å².